The third kappa shape index (κ3) is 4.61. The lowest BCUT2D eigenvalue weighted by molar-refractivity contribution is 0.548. The molecule has 0 spiro atoms. The minimum Gasteiger partial charge on any atom is -0.212 e. The third-order valence-corrected chi connectivity index (χ3v) is 6.92. The highest BCUT2D eigenvalue weighted by Crippen LogP contribution is 2.29. The number of rotatable bonds is 6. The molecule has 1 aliphatic rings. The van der Waals surface area contributed by atoms with Crippen LogP contribution in [-0.2, 0) is 28.6 Å². The summed E-state index contributed by atoms with van der Waals surface area (Å²) in [7, 11) is -3.58. The number of sulfonamides is 1. The predicted octanol–water partition coefficient (Wildman–Crippen LogP) is 5.44. The number of benzene rings is 2. The molecule has 0 aromatic heterocycles. The van der Waals surface area contributed by atoms with Crippen LogP contribution in [0.1, 0.15) is 54.5 Å². The van der Waals surface area contributed by atoms with Gasteiger partial charge in [0.15, 0.2) is 0 Å². The topological polar surface area (TPSA) is 46.2 Å². The van der Waals surface area contributed by atoms with E-state index >= 15 is 0 Å². The van der Waals surface area contributed by atoms with Crippen LogP contribution in [0.4, 0.5) is 0 Å². The average molecular weight is 412 g/mol. The first-order valence-electron chi connectivity index (χ1n) is 8.94. The van der Waals surface area contributed by atoms with Crippen LogP contribution < -0.4 is 4.72 Å². The molecule has 3 nitrogen and oxygen atoms in total. The molecule has 140 valence electrons. The zero-order valence-electron chi connectivity index (χ0n) is 14.8. The van der Waals surface area contributed by atoms with Crippen molar-refractivity contribution in [2.24, 2.45) is 0 Å². The Morgan fingerprint density at radius 1 is 1.04 bits per heavy atom. The van der Waals surface area contributed by atoms with Gasteiger partial charge in [0.1, 0.15) is 0 Å². The van der Waals surface area contributed by atoms with Crippen LogP contribution >= 0.6 is 23.2 Å². The van der Waals surface area contributed by atoms with Crippen molar-refractivity contribution < 1.29 is 8.42 Å². The second kappa shape index (κ2) is 8.30. The van der Waals surface area contributed by atoms with Crippen molar-refractivity contribution in [3.63, 3.8) is 0 Å². The number of hydrogen-bond donors (Lipinski definition) is 1. The maximum atomic E-state index is 12.7. The Balaban J connectivity index is 1.81. The Hall–Kier alpha value is -1.07. The quantitative estimate of drug-likeness (QED) is 0.687. The van der Waals surface area contributed by atoms with Crippen molar-refractivity contribution in [1.29, 1.82) is 0 Å². The molecule has 0 radical (unpaired) electrons. The average Bonchev–Trinajstić information content (AvgIpc) is 2.62. The van der Waals surface area contributed by atoms with E-state index < -0.39 is 10.0 Å². The molecule has 2 aromatic rings. The molecule has 26 heavy (non-hydrogen) atoms. The Kier molecular flexibility index (Phi) is 6.29. The molecule has 3 rings (SSSR count). The van der Waals surface area contributed by atoms with Gasteiger partial charge in [0.05, 0.1) is 5.75 Å². The highest BCUT2D eigenvalue weighted by molar-refractivity contribution is 7.88. The van der Waals surface area contributed by atoms with Gasteiger partial charge in [-0.15, -0.1) is 0 Å². The highest BCUT2D eigenvalue weighted by atomic mass is 35.5. The van der Waals surface area contributed by atoms with E-state index in [1.54, 1.807) is 18.2 Å². The van der Waals surface area contributed by atoms with Crippen molar-refractivity contribution in [2.45, 2.75) is 50.8 Å². The van der Waals surface area contributed by atoms with E-state index in [1.807, 2.05) is 13.0 Å². The second-order valence-electron chi connectivity index (χ2n) is 6.77. The van der Waals surface area contributed by atoms with Crippen molar-refractivity contribution in [3.05, 3.63) is 68.7 Å². The summed E-state index contributed by atoms with van der Waals surface area (Å²) in [4.78, 5) is 0. The van der Waals surface area contributed by atoms with Gasteiger partial charge < -0.3 is 0 Å². The first-order valence-corrected chi connectivity index (χ1v) is 11.3. The Morgan fingerprint density at radius 2 is 1.69 bits per heavy atom. The summed E-state index contributed by atoms with van der Waals surface area (Å²) in [6.07, 6.45) is 5.29. The van der Waals surface area contributed by atoms with E-state index in [1.165, 1.54) is 24.0 Å². The summed E-state index contributed by atoms with van der Waals surface area (Å²) in [6.45, 7) is 1.98. The zero-order valence-corrected chi connectivity index (χ0v) is 17.1. The van der Waals surface area contributed by atoms with Gasteiger partial charge in [0, 0.05) is 21.7 Å². The zero-order chi connectivity index (χ0) is 18.7. The fourth-order valence-corrected chi connectivity index (χ4v) is 5.68. The minimum atomic E-state index is -3.58. The minimum absolute atomic E-state index is 0.229. The van der Waals surface area contributed by atoms with Crippen LogP contribution in [0.25, 0.3) is 0 Å². The molecule has 0 saturated carbocycles. The second-order valence-corrected chi connectivity index (χ2v) is 9.34. The predicted molar refractivity (Wildman–Crippen MR) is 108 cm³/mol. The van der Waals surface area contributed by atoms with Crippen LogP contribution in [-0.4, -0.2) is 8.42 Å². The molecular formula is C20H23Cl2NO2S. The number of halogens is 2. The van der Waals surface area contributed by atoms with Crippen LogP contribution in [0.5, 0.6) is 0 Å². The molecule has 0 unspecified atom stereocenters. The Bertz CT molecular complexity index is 876. The van der Waals surface area contributed by atoms with Gasteiger partial charge in [-0.2, -0.15) is 0 Å². The van der Waals surface area contributed by atoms with Crippen molar-refractivity contribution in [3.8, 4) is 0 Å². The van der Waals surface area contributed by atoms with Gasteiger partial charge in [-0.05, 0) is 60.9 Å². The lowest BCUT2D eigenvalue weighted by Crippen LogP contribution is -2.29. The molecule has 1 N–H and O–H groups in total. The molecule has 1 aliphatic carbocycles. The highest BCUT2D eigenvalue weighted by Gasteiger charge is 2.22. The molecule has 0 bridgehead atoms. The van der Waals surface area contributed by atoms with E-state index in [0.717, 1.165) is 18.4 Å². The standard InChI is InChI=1S/C20H23Cl2NO2S/c1-2-20(16-11-10-14-6-3-4-7-15(14)12-16)23-26(24,25)13-17-18(21)8-5-9-19(17)22/h5,8-12,20,23H,2-4,6-7,13H2,1H3/t20-/m0/s1. The van der Waals surface area contributed by atoms with Gasteiger partial charge in [0.25, 0.3) is 0 Å². The molecule has 0 amide bonds. The molecule has 6 heteroatoms. The van der Waals surface area contributed by atoms with Crippen molar-refractivity contribution in [2.75, 3.05) is 0 Å². The van der Waals surface area contributed by atoms with Gasteiger partial charge >= 0.3 is 0 Å². The molecule has 0 heterocycles. The molecule has 0 aliphatic heterocycles. The normalized spacial score (nSPS) is 15.5. The van der Waals surface area contributed by atoms with Crippen molar-refractivity contribution in [1.82, 2.24) is 4.72 Å². The van der Waals surface area contributed by atoms with E-state index in [-0.39, 0.29) is 11.8 Å². The monoisotopic (exact) mass is 411 g/mol. The lowest BCUT2D eigenvalue weighted by Gasteiger charge is -2.22. The fraction of sp³-hybridized carbons (Fsp3) is 0.400. The molecule has 0 fully saturated rings. The summed E-state index contributed by atoms with van der Waals surface area (Å²) < 4.78 is 28.2. The maximum Gasteiger partial charge on any atom is 0.216 e. The van der Waals surface area contributed by atoms with Gasteiger partial charge in [-0.25, -0.2) is 13.1 Å². The molecular weight excluding hydrogens is 389 g/mol. The number of hydrogen-bond acceptors (Lipinski definition) is 2. The maximum absolute atomic E-state index is 12.7. The van der Waals surface area contributed by atoms with Crippen LogP contribution in [0.15, 0.2) is 36.4 Å². The summed E-state index contributed by atoms with van der Waals surface area (Å²) in [6, 6.07) is 11.1. The summed E-state index contributed by atoms with van der Waals surface area (Å²) in [5.74, 6) is -0.229. The van der Waals surface area contributed by atoms with Gasteiger partial charge in [-0.3, -0.25) is 0 Å². The summed E-state index contributed by atoms with van der Waals surface area (Å²) >= 11 is 12.3. The van der Waals surface area contributed by atoms with Gasteiger partial charge in [-0.1, -0.05) is 54.4 Å². The largest absolute Gasteiger partial charge is 0.216 e. The fourth-order valence-electron chi connectivity index (χ4n) is 3.48. The van der Waals surface area contributed by atoms with Crippen LogP contribution in [0.3, 0.4) is 0 Å². The van der Waals surface area contributed by atoms with Crippen LogP contribution in [0.2, 0.25) is 10.0 Å². The van der Waals surface area contributed by atoms with E-state index in [9.17, 15) is 8.42 Å². The SMILES string of the molecule is CC[C@H](NS(=O)(=O)Cc1c(Cl)cccc1Cl)c1ccc2c(c1)CCCC2. The van der Waals surface area contributed by atoms with Crippen LogP contribution in [0, 0.1) is 0 Å². The number of aryl methyl sites for hydroxylation is 2. The number of fused-ring (bicyclic) bond motifs is 1. The summed E-state index contributed by atoms with van der Waals surface area (Å²) in [5, 5.41) is 0.731. The smallest absolute Gasteiger partial charge is 0.212 e. The summed E-state index contributed by atoms with van der Waals surface area (Å²) in [5.41, 5.74) is 4.19. The number of nitrogens with one attached hydrogen (secondary N) is 1. The first-order chi connectivity index (χ1) is 12.4. The van der Waals surface area contributed by atoms with Gasteiger partial charge in [0.2, 0.25) is 10.0 Å². The van der Waals surface area contributed by atoms with Crippen molar-refractivity contribution >= 4 is 33.2 Å². The van der Waals surface area contributed by atoms with E-state index in [4.69, 9.17) is 23.2 Å². The molecule has 0 saturated heterocycles. The first kappa shape index (κ1) is 19.7. The Morgan fingerprint density at radius 3 is 2.35 bits per heavy atom. The van der Waals surface area contributed by atoms with E-state index in [0.29, 0.717) is 22.0 Å². The lowest BCUT2D eigenvalue weighted by atomic mass is 9.89. The molecule has 1 atom stereocenters. The Labute approximate surface area is 165 Å². The van der Waals surface area contributed by atoms with E-state index in [2.05, 4.69) is 16.9 Å². The molecule has 2 aromatic carbocycles. The third-order valence-electron chi connectivity index (χ3n) is 4.90.